The molecule has 112 valence electrons. The van der Waals surface area contributed by atoms with Gasteiger partial charge in [-0.2, -0.15) is 5.26 Å². The maximum Gasteiger partial charge on any atom is 0.109 e. The summed E-state index contributed by atoms with van der Waals surface area (Å²) in [4.78, 5) is 2.45. The van der Waals surface area contributed by atoms with Gasteiger partial charge in [-0.25, -0.2) is 0 Å². The quantitative estimate of drug-likeness (QED) is 0.907. The van der Waals surface area contributed by atoms with Gasteiger partial charge in [0.2, 0.25) is 0 Å². The molecule has 1 saturated heterocycles. The second-order valence-corrected chi connectivity index (χ2v) is 6.42. The third-order valence-corrected chi connectivity index (χ3v) is 5.24. The maximum absolute atomic E-state index is 9.83. The third kappa shape index (κ3) is 3.12. The minimum Gasteiger partial charge on any atom is -0.315 e. The van der Waals surface area contributed by atoms with Gasteiger partial charge in [-0.15, -0.1) is 0 Å². The summed E-state index contributed by atoms with van der Waals surface area (Å²) in [6.45, 7) is 4.19. The Morgan fingerprint density at radius 1 is 1.10 bits per heavy atom. The van der Waals surface area contributed by atoms with Gasteiger partial charge in [-0.3, -0.25) is 4.90 Å². The number of hydrogen-bond donors (Lipinski definition) is 1. The number of benzene rings is 1. The molecule has 3 heteroatoms. The van der Waals surface area contributed by atoms with E-state index in [0.717, 1.165) is 58.3 Å². The zero-order valence-corrected chi connectivity index (χ0v) is 12.7. The van der Waals surface area contributed by atoms with Crippen molar-refractivity contribution in [3.63, 3.8) is 0 Å². The van der Waals surface area contributed by atoms with Crippen molar-refractivity contribution in [3.8, 4) is 6.07 Å². The van der Waals surface area contributed by atoms with Crippen molar-refractivity contribution in [2.75, 3.05) is 26.2 Å². The average molecular weight is 283 g/mol. The van der Waals surface area contributed by atoms with E-state index in [9.17, 15) is 5.26 Å². The molecule has 1 saturated carbocycles. The van der Waals surface area contributed by atoms with Crippen LogP contribution in [0, 0.1) is 11.3 Å². The standard InChI is InChI=1S/C18H25N3/c19-15-18(21-13-4-11-20-12-14-21)9-7-17(8-10-18)16-5-2-1-3-6-16/h1-3,5-6,17,20H,4,7-14H2. The van der Waals surface area contributed by atoms with Crippen LogP contribution >= 0.6 is 0 Å². The summed E-state index contributed by atoms with van der Waals surface area (Å²) in [6.07, 6.45) is 5.47. The highest BCUT2D eigenvalue weighted by molar-refractivity contribution is 5.22. The Morgan fingerprint density at radius 2 is 1.86 bits per heavy atom. The molecule has 1 heterocycles. The van der Waals surface area contributed by atoms with E-state index in [1.165, 1.54) is 5.56 Å². The number of rotatable bonds is 2. The summed E-state index contributed by atoms with van der Waals surface area (Å²) in [5.74, 6) is 0.637. The molecular formula is C18H25N3. The summed E-state index contributed by atoms with van der Waals surface area (Å²) >= 11 is 0. The molecule has 1 N–H and O–H groups in total. The number of nitrogens with zero attached hydrogens (tertiary/aromatic N) is 2. The molecule has 3 nitrogen and oxygen atoms in total. The molecule has 0 amide bonds. The fourth-order valence-corrected chi connectivity index (χ4v) is 3.93. The average Bonchev–Trinajstić information content (AvgIpc) is 2.85. The van der Waals surface area contributed by atoms with Crippen LogP contribution in [-0.4, -0.2) is 36.6 Å². The lowest BCUT2D eigenvalue weighted by Crippen LogP contribution is -2.51. The monoisotopic (exact) mass is 283 g/mol. The predicted octanol–water partition coefficient (Wildman–Crippen LogP) is 2.90. The van der Waals surface area contributed by atoms with Crippen LogP contribution in [0.2, 0.25) is 0 Å². The van der Waals surface area contributed by atoms with Gasteiger partial charge in [0.05, 0.1) is 6.07 Å². The number of nitrogens with one attached hydrogen (secondary N) is 1. The summed E-state index contributed by atoms with van der Waals surface area (Å²) in [7, 11) is 0. The van der Waals surface area contributed by atoms with E-state index in [1.807, 2.05) is 0 Å². The van der Waals surface area contributed by atoms with Crippen LogP contribution in [-0.2, 0) is 0 Å². The van der Waals surface area contributed by atoms with Crippen LogP contribution in [0.5, 0.6) is 0 Å². The van der Waals surface area contributed by atoms with Crippen LogP contribution in [0.25, 0.3) is 0 Å². The molecule has 3 rings (SSSR count). The van der Waals surface area contributed by atoms with Crippen molar-refractivity contribution in [2.24, 2.45) is 0 Å². The highest BCUT2D eigenvalue weighted by atomic mass is 15.2. The lowest BCUT2D eigenvalue weighted by molar-refractivity contribution is 0.0986. The third-order valence-electron chi connectivity index (χ3n) is 5.24. The van der Waals surface area contributed by atoms with Crippen molar-refractivity contribution in [2.45, 2.75) is 43.6 Å². The minimum atomic E-state index is -0.211. The summed E-state index contributed by atoms with van der Waals surface area (Å²) in [5, 5.41) is 13.3. The molecular weight excluding hydrogens is 258 g/mol. The zero-order chi connectivity index (χ0) is 14.5. The first-order valence-electron chi connectivity index (χ1n) is 8.26. The van der Waals surface area contributed by atoms with E-state index in [-0.39, 0.29) is 5.54 Å². The topological polar surface area (TPSA) is 39.1 Å². The zero-order valence-electron chi connectivity index (χ0n) is 12.7. The Hall–Kier alpha value is -1.37. The fraction of sp³-hybridized carbons (Fsp3) is 0.611. The largest absolute Gasteiger partial charge is 0.315 e. The first-order valence-corrected chi connectivity index (χ1v) is 8.26. The molecule has 21 heavy (non-hydrogen) atoms. The van der Waals surface area contributed by atoms with Gasteiger partial charge < -0.3 is 5.32 Å². The summed E-state index contributed by atoms with van der Waals surface area (Å²) < 4.78 is 0. The molecule has 0 radical (unpaired) electrons. The Bertz CT molecular complexity index is 475. The van der Waals surface area contributed by atoms with Gasteiger partial charge in [0.1, 0.15) is 5.54 Å². The highest BCUT2D eigenvalue weighted by Gasteiger charge is 2.40. The SMILES string of the molecule is N#CC1(N2CCCNCC2)CCC(c2ccccc2)CC1. The van der Waals surface area contributed by atoms with Crippen LogP contribution in [0.15, 0.2) is 30.3 Å². The van der Waals surface area contributed by atoms with E-state index >= 15 is 0 Å². The Labute approximate surface area is 128 Å². The van der Waals surface area contributed by atoms with Crippen molar-refractivity contribution in [1.82, 2.24) is 10.2 Å². The molecule has 0 unspecified atom stereocenters. The van der Waals surface area contributed by atoms with Crippen molar-refractivity contribution in [3.05, 3.63) is 35.9 Å². The van der Waals surface area contributed by atoms with Crippen molar-refractivity contribution in [1.29, 1.82) is 5.26 Å². The molecule has 1 aliphatic heterocycles. The second-order valence-electron chi connectivity index (χ2n) is 6.42. The van der Waals surface area contributed by atoms with E-state index in [4.69, 9.17) is 0 Å². The first-order chi connectivity index (χ1) is 10.3. The fourth-order valence-electron chi connectivity index (χ4n) is 3.93. The summed E-state index contributed by atoms with van der Waals surface area (Å²) in [5.41, 5.74) is 1.23. The molecule has 1 aromatic rings. The Morgan fingerprint density at radius 3 is 2.57 bits per heavy atom. The molecule has 1 aliphatic carbocycles. The molecule has 1 aromatic carbocycles. The van der Waals surface area contributed by atoms with Crippen LogP contribution in [0.4, 0.5) is 0 Å². The molecule has 2 aliphatic rings. The van der Waals surface area contributed by atoms with E-state index < -0.39 is 0 Å². The molecule has 0 atom stereocenters. The maximum atomic E-state index is 9.83. The normalized spacial score (nSPS) is 31.3. The predicted molar refractivity (Wildman–Crippen MR) is 85.1 cm³/mol. The lowest BCUT2D eigenvalue weighted by atomic mass is 9.74. The molecule has 0 bridgehead atoms. The van der Waals surface area contributed by atoms with Gasteiger partial charge in [0, 0.05) is 19.6 Å². The minimum absolute atomic E-state index is 0.211. The van der Waals surface area contributed by atoms with Gasteiger partial charge >= 0.3 is 0 Å². The van der Waals surface area contributed by atoms with Crippen LogP contribution in [0.3, 0.4) is 0 Å². The van der Waals surface area contributed by atoms with Crippen molar-refractivity contribution < 1.29 is 0 Å². The van der Waals surface area contributed by atoms with E-state index in [2.05, 4.69) is 46.6 Å². The van der Waals surface area contributed by atoms with Gasteiger partial charge in [-0.05, 0) is 50.1 Å². The number of hydrogen-bond acceptors (Lipinski definition) is 3. The smallest absolute Gasteiger partial charge is 0.109 e. The molecule has 0 aromatic heterocycles. The highest BCUT2D eigenvalue weighted by Crippen LogP contribution is 2.40. The Kier molecular flexibility index (Phi) is 4.57. The molecule has 0 spiro atoms. The van der Waals surface area contributed by atoms with Gasteiger partial charge in [0.15, 0.2) is 0 Å². The molecule has 2 fully saturated rings. The van der Waals surface area contributed by atoms with Crippen LogP contribution < -0.4 is 5.32 Å². The second kappa shape index (κ2) is 6.60. The van der Waals surface area contributed by atoms with E-state index in [1.54, 1.807) is 0 Å². The Balaban J connectivity index is 1.68. The van der Waals surface area contributed by atoms with Gasteiger partial charge in [-0.1, -0.05) is 30.3 Å². The summed E-state index contributed by atoms with van der Waals surface area (Å²) in [6, 6.07) is 13.5. The van der Waals surface area contributed by atoms with E-state index in [0.29, 0.717) is 5.92 Å². The lowest BCUT2D eigenvalue weighted by Gasteiger charge is -2.43. The first kappa shape index (κ1) is 14.6. The van der Waals surface area contributed by atoms with Crippen molar-refractivity contribution >= 4 is 0 Å². The number of nitriles is 1. The van der Waals surface area contributed by atoms with Crippen LogP contribution in [0.1, 0.15) is 43.6 Å². The van der Waals surface area contributed by atoms with Gasteiger partial charge in [0.25, 0.3) is 0 Å².